The second kappa shape index (κ2) is 19.6. The van der Waals surface area contributed by atoms with Gasteiger partial charge in [-0.15, -0.1) is 0 Å². The summed E-state index contributed by atoms with van der Waals surface area (Å²) in [6.07, 6.45) is -0.523. The highest BCUT2D eigenvalue weighted by molar-refractivity contribution is 6.13. The molecule has 7 N–H and O–H groups in total. The normalized spacial score (nSPS) is 21.5. The minimum Gasteiger partial charge on any atom is -0.445 e. The third-order valence-corrected chi connectivity index (χ3v) is 8.85. The number of likely N-dealkylation sites (N-methyl/N-ethyl adjacent to an activating group) is 1. The quantitative estimate of drug-likeness (QED) is 0.101. The fourth-order valence-electron chi connectivity index (χ4n) is 5.63. The average molecular weight is 782 g/mol. The average Bonchev–Trinajstić information content (AvgIpc) is 3.48. The minimum absolute atomic E-state index is 0.137. The lowest BCUT2D eigenvalue weighted by molar-refractivity contribution is -0.172. The summed E-state index contributed by atoms with van der Waals surface area (Å²) in [5, 5.41) is 34.6. The molecule has 1 fully saturated rings. The van der Waals surface area contributed by atoms with Crippen molar-refractivity contribution in [3.8, 4) is 0 Å². The molecule has 7 amide bonds. The number of nitrogens with one attached hydrogen (secondary N) is 5. The van der Waals surface area contributed by atoms with Gasteiger partial charge in [-0.25, -0.2) is 14.8 Å². The van der Waals surface area contributed by atoms with Crippen LogP contribution in [0.25, 0.3) is 0 Å². The van der Waals surface area contributed by atoms with Gasteiger partial charge in [-0.2, -0.15) is 0 Å². The van der Waals surface area contributed by atoms with Crippen LogP contribution in [0.15, 0.2) is 55.0 Å². The van der Waals surface area contributed by atoms with Crippen LogP contribution in [0.1, 0.15) is 39.7 Å². The number of imide groups is 1. The molecule has 0 spiro atoms. The first-order valence-electron chi connectivity index (χ1n) is 17.8. The fourth-order valence-corrected chi connectivity index (χ4v) is 5.63. The number of rotatable bonds is 16. The van der Waals surface area contributed by atoms with Crippen LogP contribution >= 0.6 is 0 Å². The Hall–Kier alpha value is -5.99. The summed E-state index contributed by atoms with van der Waals surface area (Å²) in [5.41, 5.74) is 0.953. The largest absolute Gasteiger partial charge is 0.445 e. The van der Waals surface area contributed by atoms with E-state index in [0.29, 0.717) is 17.1 Å². The fraction of sp³-hybridized carbons (Fsp3) is 0.472. The van der Waals surface area contributed by atoms with Crippen molar-refractivity contribution in [2.75, 3.05) is 30.8 Å². The molecule has 2 aromatic rings. The number of carbonyl (C=O) groups excluding carboxylic acids is 7. The molecule has 0 aliphatic carbocycles. The first-order chi connectivity index (χ1) is 26.5. The Morgan fingerprint density at radius 2 is 1.62 bits per heavy atom. The van der Waals surface area contributed by atoms with E-state index >= 15 is 0 Å². The predicted molar refractivity (Wildman–Crippen MR) is 197 cm³/mol. The van der Waals surface area contributed by atoms with Crippen LogP contribution in [-0.4, -0.2) is 134 Å². The van der Waals surface area contributed by atoms with Crippen LogP contribution in [0.4, 0.5) is 16.3 Å². The smallest absolute Gasteiger partial charge is 0.410 e. The summed E-state index contributed by atoms with van der Waals surface area (Å²) in [7, 11) is 1.35. The topological polar surface area (TPSA) is 271 Å². The number of anilines is 2. The van der Waals surface area contributed by atoms with Gasteiger partial charge in [0.2, 0.25) is 23.6 Å². The zero-order chi connectivity index (χ0) is 41.1. The number of aliphatic hydroxyl groups excluding tert-OH is 2. The van der Waals surface area contributed by atoms with Crippen LogP contribution < -0.4 is 26.6 Å². The van der Waals surface area contributed by atoms with E-state index in [-0.39, 0.29) is 25.5 Å². The van der Waals surface area contributed by atoms with Crippen LogP contribution in [0.3, 0.4) is 0 Å². The molecule has 1 aromatic carbocycles. The number of amides is 7. The zero-order valence-electron chi connectivity index (χ0n) is 31.5. The van der Waals surface area contributed by atoms with Gasteiger partial charge in [-0.3, -0.25) is 33.7 Å². The van der Waals surface area contributed by atoms with Gasteiger partial charge in [0.15, 0.2) is 6.23 Å². The number of hydrogen-bond donors (Lipinski definition) is 7. The van der Waals surface area contributed by atoms with E-state index in [1.54, 1.807) is 51.1 Å². The van der Waals surface area contributed by atoms with Crippen molar-refractivity contribution in [2.24, 2.45) is 5.92 Å². The van der Waals surface area contributed by atoms with Crippen molar-refractivity contribution in [2.45, 2.75) is 83.4 Å². The highest BCUT2D eigenvalue weighted by atomic mass is 16.6. The molecule has 0 saturated carbocycles. The van der Waals surface area contributed by atoms with E-state index in [2.05, 4.69) is 36.6 Å². The molecule has 1 saturated heterocycles. The van der Waals surface area contributed by atoms with Gasteiger partial charge in [0.05, 0.1) is 12.1 Å². The van der Waals surface area contributed by atoms with Crippen LogP contribution in [0.5, 0.6) is 0 Å². The van der Waals surface area contributed by atoms with E-state index in [1.165, 1.54) is 26.5 Å². The lowest BCUT2D eigenvalue weighted by atomic mass is 9.96. The maximum Gasteiger partial charge on any atom is 0.410 e. The van der Waals surface area contributed by atoms with Crippen molar-refractivity contribution in [1.29, 1.82) is 0 Å². The molecule has 7 atom stereocenters. The zero-order valence-corrected chi connectivity index (χ0v) is 31.5. The maximum absolute atomic E-state index is 13.0. The molecule has 3 heterocycles. The number of benzene rings is 1. The molecule has 0 radical (unpaired) electrons. The number of ether oxygens (including phenoxy) is 2. The summed E-state index contributed by atoms with van der Waals surface area (Å²) >= 11 is 0. The molecule has 56 heavy (non-hydrogen) atoms. The maximum atomic E-state index is 13.0. The summed E-state index contributed by atoms with van der Waals surface area (Å²) in [6.45, 7) is 5.80. The van der Waals surface area contributed by atoms with E-state index in [4.69, 9.17) is 9.47 Å². The number of aliphatic hydroxyl groups is 2. The van der Waals surface area contributed by atoms with Crippen LogP contribution in [0.2, 0.25) is 0 Å². The molecule has 302 valence electrons. The van der Waals surface area contributed by atoms with Gasteiger partial charge in [0.25, 0.3) is 11.8 Å². The number of nitrogens with zero attached hydrogens (tertiary/aromatic N) is 4. The molecule has 0 unspecified atom stereocenters. The third-order valence-electron chi connectivity index (χ3n) is 8.85. The summed E-state index contributed by atoms with van der Waals surface area (Å²) in [5.74, 6) is -3.32. The summed E-state index contributed by atoms with van der Waals surface area (Å²) in [6, 6.07) is 4.94. The minimum atomic E-state index is -1.42. The Kier molecular flexibility index (Phi) is 14.9. The summed E-state index contributed by atoms with van der Waals surface area (Å²) in [4.78, 5) is 96.9. The van der Waals surface area contributed by atoms with Gasteiger partial charge in [-0.1, -0.05) is 26.0 Å². The van der Waals surface area contributed by atoms with E-state index in [0.717, 1.165) is 22.0 Å². The Morgan fingerprint density at radius 3 is 2.25 bits per heavy atom. The van der Waals surface area contributed by atoms with Gasteiger partial charge in [0.1, 0.15) is 49.6 Å². The first-order valence-corrected chi connectivity index (χ1v) is 17.8. The molecule has 20 nitrogen and oxygen atoms in total. The predicted octanol–water partition coefficient (Wildman–Crippen LogP) is -0.992. The standard InChI is InChI=1S/C36H47N9O11/c1-19(2)29(42-25(46)13-15-45-27(48)10-11-28(45)49)34(53)39-20(3)33(52)40-23-8-6-22(7-9-23)17-55-36(54)44(5)16-26(47)43-30-21(4)56-35(32(51)31(30)50)41-24-12-14-37-18-38-24/h6-12,14,18-21,29-32,35,50-51H,13,15-17H2,1-5H3,(H,39,53)(H,40,52)(H,42,46)(H,43,47)(H,37,38,41)/t20-,21-,29-,30-,31+,32+,35-/m0/s1. The van der Waals surface area contributed by atoms with Crippen molar-refractivity contribution in [1.82, 2.24) is 35.7 Å². The lowest BCUT2D eigenvalue weighted by Crippen LogP contribution is -2.64. The third kappa shape index (κ3) is 11.8. The van der Waals surface area contributed by atoms with Crippen molar-refractivity contribution in [3.05, 3.63) is 60.6 Å². The van der Waals surface area contributed by atoms with Crippen molar-refractivity contribution in [3.63, 3.8) is 0 Å². The molecule has 0 bridgehead atoms. The Bertz CT molecular complexity index is 1760. The SMILES string of the molecule is CC(C)[C@H](NC(=O)CCN1C(=O)C=CC1=O)C(=O)N[C@@H](C)C(=O)Nc1ccc(COC(=O)N(C)CC(=O)N[C@@H]2[C@@H](O)[C@@H](O)[C@@H](Nc3ccncn3)O[C@H]2C)cc1. The Labute approximate surface area is 322 Å². The van der Waals surface area contributed by atoms with Gasteiger partial charge < -0.3 is 51.2 Å². The van der Waals surface area contributed by atoms with Gasteiger partial charge >= 0.3 is 6.09 Å². The van der Waals surface area contributed by atoms with Gasteiger partial charge in [-0.05, 0) is 43.5 Å². The molecular weight excluding hydrogens is 734 g/mol. The highest BCUT2D eigenvalue weighted by Crippen LogP contribution is 2.22. The number of carbonyl (C=O) groups is 7. The molecule has 20 heteroatoms. The molecule has 2 aliphatic rings. The van der Waals surface area contributed by atoms with E-state index in [1.807, 2.05) is 0 Å². The van der Waals surface area contributed by atoms with Crippen molar-refractivity contribution < 1.29 is 53.2 Å². The number of hydrogen-bond acceptors (Lipinski definition) is 14. The molecular formula is C36H47N9O11. The Morgan fingerprint density at radius 1 is 0.946 bits per heavy atom. The molecule has 2 aliphatic heterocycles. The molecule has 4 rings (SSSR count). The first kappa shape index (κ1) is 42.7. The second-order valence-electron chi connectivity index (χ2n) is 13.6. The van der Waals surface area contributed by atoms with Gasteiger partial charge in [0, 0.05) is 44.0 Å². The van der Waals surface area contributed by atoms with Crippen molar-refractivity contribution >= 4 is 53.0 Å². The highest BCUT2D eigenvalue weighted by Gasteiger charge is 2.43. The number of aromatic nitrogens is 2. The summed E-state index contributed by atoms with van der Waals surface area (Å²) < 4.78 is 11.1. The second-order valence-corrected chi connectivity index (χ2v) is 13.6. The van der Waals surface area contributed by atoms with E-state index in [9.17, 15) is 43.8 Å². The van der Waals surface area contributed by atoms with Crippen LogP contribution in [-0.2, 0) is 44.8 Å². The van der Waals surface area contributed by atoms with E-state index < -0.39 is 90.7 Å². The van der Waals surface area contributed by atoms with Crippen LogP contribution in [0, 0.1) is 5.92 Å². The lowest BCUT2D eigenvalue weighted by Gasteiger charge is -2.42. The monoisotopic (exact) mass is 781 g/mol. The Balaban J connectivity index is 1.17. The molecule has 1 aromatic heterocycles.